The van der Waals surface area contributed by atoms with E-state index in [0.29, 0.717) is 18.7 Å². The van der Waals surface area contributed by atoms with Crippen LogP contribution >= 0.6 is 0 Å². The average Bonchev–Trinajstić information content (AvgIpc) is 3.01. The maximum Gasteiger partial charge on any atom is 0.271 e. The molecule has 0 saturated carbocycles. The Bertz CT molecular complexity index is 672. The maximum absolute atomic E-state index is 12.3. The smallest absolute Gasteiger partial charge is 0.271 e. The molecule has 2 rings (SSSR count). The molecule has 0 aromatic carbocycles. The topological polar surface area (TPSA) is 87.0 Å². The van der Waals surface area contributed by atoms with Gasteiger partial charge in [0.1, 0.15) is 5.69 Å². The molecular weight excluding hydrogens is 282 g/mol. The van der Waals surface area contributed by atoms with E-state index in [1.807, 2.05) is 20.9 Å². The van der Waals surface area contributed by atoms with Gasteiger partial charge < -0.3 is 10.0 Å². The number of carbonyl (C=O) groups is 1. The fraction of sp³-hybridized carbons (Fsp3) is 0.533. The number of aliphatic hydroxyl groups is 1. The monoisotopic (exact) mass is 305 g/mol. The van der Waals surface area contributed by atoms with Gasteiger partial charge in [0.25, 0.3) is 5.91 Å². The van der Waals surface area contributed by atoms with Gasteiger partial charge in [-0.05, 0) is 33.3 Å². The number of hydrogen-bond acceptors (Lipinski definition) is 4. The van der Waals surface area contributed by atoms with Crippen molar-refractivity contribution >= 4 is 5.91 Å². The minimum Gasteiger partial charge on any atom is -0.393 e. The summed E-state index contributed by atoms with van der Waals surface area (Å²) in [6, 6.07) is 1.75. The van der Waals surface area contributed by atoms with Crippen molar-refractivity contribution in [2.75, 3.05) is 13.6 Å². The van der Waals surface area contributed by atoms with Crippen LogP contribution in [0, 0.1) is 13.8 Å². The molecule has 0 fully saturated rings. The number of H-pyrrole nitrogens is 1. The first-order valence-electron chi connectivity index (χ1n) is 7.30. The summed E-state index contributed by atoms with van der Waals surface area (Å²) >= 11 is 0. The summed E-state index contributed by atoms with van der Waals surface area (Å²) in [7, 11) is 3.60. The van der Waals surface area contributed by atoms with E-state index in [1.165, 1.54) is 0 Å². The lowest BCUT2D eigenvalue weighted by Crippen LogP contribution is -2.29. The van der Waals surface area contributed by atoms with Gasteiger partial charge in [-0.2, -0.15) is 10.2 Å². The summed E-state index contributed by atoms with van der Waals surface area (Å²) in [5, 5.41) is 20.7. The van der Waals surface area contributed by atoms with Gasteiger partial charge >= 0.3 is 0 Å². The lowest BCUT2D eigenvalue weighted by atomic mass is 10.1. The first kappa shape index (κ1) is 16.2. The van der Waals surface area contributed by atoms with E-state index in [9.17, 15) is 9.90 Å². The summed E-state index contributed by atoms with van der Waals surface area (Å²) in [6.07, 6.45) is 0.123. The number of carbonyl (C=O) groups excluding carboxylic acids is 1. The van der Waals surface area contributed by atoms with Crippen LogP contribution < -0.4 is 0 Å². The number of amides is 1. The third-order valence-corrected chi connectivity index (χ3v) is 3.80. The van der Waals surface area contributed by atoms with Gasteiger partial charge in [0.2, 0.25) is 0 Å². The van der Waals surface area contributed by atoms with Crippen LogP contribution in [0.5, 0.6) is 0 Å². The predicted molar refractivity (Wildman–Crippen MR) is 83.5 cm³/mol. The molecular formula is C15H23N5O2. The minimum absolute atomic E-state index is 0.140. The first-order valence-corrected chi connectivity index (χ1v) is 7.30. The molecule has 0 bridgehead atoms. The van der Waals surface area contributed by atoms with Crippen LogP contribution in [-0.2, 0) is 7.05 Å². The van der Waals surface area contributed by atoms with E-state index in [-0.39, 0.29) is 5.91 Å². The molecule has 2 aromatic heterocycles. The number of nitrogens with zero attached hydrogens (tertiary/aromatic N) is 4. The zero-order chi connectivity index (χ0) is 16.4. The van der Waals surface area contributed by atoms with Crippen molar-refractivity contribution in [3.63, 3.8) is 0 Å². The molecule has 2 aromatic rings. The average molecular weight is 305 g/mol. The Hall–Kier alpha value is -2.15. The summed E-state index contributed by atoms with van der Waals surface area (Å²) in [5.74, 6) is -0.140. The normalized spacial score (nSPS) is 12.5. The van der Waals surface area contributed by atoms with Crippen molar-refractivity contribution in [3.05, 3.63) is 23.1 Å². The Morgan fingerprint density at radius 2 is 2.18 bits per heavy atom. The Morgan fingerprint density at radius 1 is 1.50 bits per heavy atom. The number of aromatic amines is 1. The van der Waals surface area contributed by atoms with Crippen molar-refractivity contribution in [2.24, 2.45) is 7.05 Å². The molecule has 0 aliphatic heterocycles. The van der Waals surface area contributed by atoms with Crippen molar-refractivity contribution in [2.45, 2.75) is 33.3 Å². The van der Waals surface area contributed by atoms with Gasteiger partial charge in [-0.1, -0.05) is 0 Å². The molecule has 7 heteroatoms. The number of hydrogen-bond donors (Lipinski definition) is 2. The van der Waals surface area contributed by atoms with Crippen LogP contribution in [0.15, 0.2) is 6.07 Å². The van der Waals surface area contributed by atoms with Crippen LogP contribution in [0.25, 0.3) is 11.3 Å². The Morgan fingerprint density at radius 3 is 2.73 bits per heavy atom. The molecule has 22 heavy (non-hydrogen) atoms. The van der Waals surface area contributed by atoms with Crippen molar-refractivity contribution in [3.8, 4) is 11.3 Å². The van der Waals surface area contributed by atoms with E-state index in [2.05, 4.69) is 15.3 Å². The lowest BCUT2D eigenvalue weighted by molar-refractivity contribution is 0.0763. The van der Waals surface area contributed by atoms with Crippen molar-refractivity contribution in [1.29, 1.82) is 0 Å². The second-order valence-electron chi connectivity index (χ2n) is 5.70. The Balaban J connectivity index is 2.19. The fourth-order valence-corrected chi connectivity index (χ4v) is 2.39. The lowest BCUT2D eigenvalue weighted by Gasteiger charge is -2.16. The second kappa shape index (κ2) is 6.31. The number of aromatic nitrogens is 4. The summed E-state index contributed by atoms with van der Waals surface area (Å²) in [4.78, 5) is 13.9. The SMILES string of the molecule is Cc1nn(C)c(C)c1-c1cc(C(=O)N(C)CCC(C)O)[nH]n1. The molecule has 0 saturated heterocycles. The highest BCUT2D eigenvalue weighted by molar-refractivity contribution is 5.93. The number of nitrogens with one attached hydrogen (secondary N) is 1. The van der Waals surface area contributed by atoms with Gasteiger partial charge in [0, 0.05) is 31.9 Å². The highest BCUT2D eigenvalue weighted by Gasteiger charge is 2.19. The van der Waals surface area contributed by atoms with Gasteiger partial charge in [-0.15, -0.1) is 0 Å². The molecule has 1 amide bonds. The van der Waals surface area contributed by atoms with E-state index in [0.717, 1.165) is 22.6 Å². The van der Waals surface area contributed by atoms with Crippen molar-refractivity contribution in [1.82, 2.24) is 24.9 Å². The molecule has 1 unspecified atom stereocenters. The largest absolute Gasteiger partial charge is 0.393 e. The number of aryl methyl sites for hydroxylation is 2. The summed E-state index contributed by atoms with van der Waals surface area (Å²) in [5.41, 5.74) is 3.99. The van der Waals surface area contributed by atoms with Crippen LogP contribution in [0.3, 0.4) is 0 Å². The molecule has 2 heterocycles. The number of aliphatic hydroxyl groups excluding tert-OH is 1. The van der Waals surface area contributed by atoms with Gasteiger partial charge in [0.05, 0.1) is 17.5 Å². The van der Waals surface area contributed by atoms with Crippen LogP contribution in [0.2, 0.25) is 0 Å². The summed E-state index contributed by atoms with van der Waals surface area (Å²) in [6.45, 7) is 6.10. The van der Waals surface area contributed by atoms with Gasteiger partial charge in [-0.3, -0.25) is 14.6 Å². The predicted octanol–water partition coefficient (Wildman–Crippen LogP) is 1.27. The molecule has 0 radical (unpaired) electrons. The van der Waals surface area contributed by atoms with E-state index < -0.39 is 6.10 Å². The second-order valence-corrected chi connectivity index (χ2v) is 5.70. The Labute approximate surface area is 129 Å². The molecule has 7 nitrogen and oxygen atoms in total. The first-order chi connectivity index (χ1) is 10.3. The minimum atomic E-state index is -0.423. The summed E-state index contributed by atoms with van der Waals surface area (Å²) < 4.78 is 1.80. The molecule has 1 atom stereocenters. The molecule has 120 valence electrons. The molecule has 2 N–H and O–H groups in total. The highest BCUT2D eigenvalue weighted by Crippen LogP contribution is 2.25. The molecule has 0 aliphatic carbocycles. The standard InChI is InChI=1S/C15H23N5O2/c1-9(21)6-7-19(4)15(22)13-8-12(16-17-13)14-10(2)18-20(5)11(14)3/h8-9,21H,6-7H2,1-5H3,(H,16,17). The van der Waals surface area contributed by atoms with E-state index >= 15 is 0 Å². The number of rotatable bonds is 5. The van der Waals surface area contributed by atoms with Crippen LogP contribution in [0.4, 0.5) is 0 Å². The highest BCUT2D eigenvalue weighted by atomic mass is 16.3. The van der Waals surface area contributed by atoms with Crippen LogP contribution in [0.1, 0.15) is 35.2 Å². The van der Waals surface area contributed by atoms with Crippen LogP contribution in [-0.4, -0.2) is 55.6 Å². The third-order valence-electron chi connectivity index (χ3n) is 3.80. The zero-order valence-electron chi connectivity index (χ0n) is 13.7. The zero-order valence-corrected chi connectivity index (χ0v) is 13.7. The molecule has 0 aliphatic rings. The van der Waals surface area contributed by atoms with E-state index in [4.69, 9.17) is 0 Å². The van der Waals surface area contributed by atoms with Gasteiger partial charge in [-0.25, -0.2) is 0 Å². The fourth-order valence-electron chi connectivity index (χ4n) is 2.39. The molecule has 0 spiro atoms. The maximum atomic E-state index is 12.3. The van der Waals surface area contributed by atoms with Crippen molar-refractivity contribution < 1.29 is 9.90 Å². The Kier molecular flexibility index (Phi) is 4.65. The van der Waals surface area contributed by atoms with E-state index in [1.54, 1.807) is 29.6 Å². The quantitative estimate of drug-likeness (QED) is 0.871. The third kappa shape index (κ3) is 3.19. The van der Waals surface area contributed by atoms with Gasteiger partial charge in [0.15, 0.2) is 0 Å².